The number of Topliss-reactive ketones (excluding diaryl/α,β-unsaturated/α-hetero) is 1. The number of aromatic nitrogens is 2. The van der Waals surface area contributed by atoms with Crippen molar-refractivity contribution in [1.82, 2.24) is 15.5 Å². The van der Waals surface area contributed by atoms with E-state index in [9.17, 15) is 4.79 Å². The third kappa shape index (κ3) is 0.901. The van der Waals surface area contributed by atoms with Crippen LogP contribution in [-0.2, 0) is 4.79 Å². The second-order valence-electron chi connectivity index (χ2n) is 4.25. The van der Waals surface area contributed by atoms with E-state index in [4.69, 9.17) is 4.52 Å². The van der Waals surface area contributed by atoms with E-state index in [1.165, 1.54) is 0 Å². The fraction of sp³-hybridized carbons (Fsp3) is 0.667. The van der Waals surface area contributed by atoms with Crippen LogP contribution in [0.15, 0.2) is 4.52 Å². The molecule has 1 atom stereocenters. The van der Waals surface area contributed by atoms with Crippen molar-refractivity contribution in [1.29, 1.82) is 0 Å². The zero-order valence-electron chi connectivity index (χ0n) is 7.91. The van der Waals surface area contributed by atoms with Crippen LogP contribution in [0.3, 0.4) is 0 Å². The van der Waals surface area contributed by atoms with Gasteiger partial charge in [-0.05, 0) is 6.92 Å². The molecule has 5 heteroatoms. The van der Waals surface area contributed by atoms with Gasteiger partial charge >= 0.3 is 0 Å². The van der Waals surface area contributed by atoms with Crippen molar-refractivity contribution < 1.29 is 9.32 Å². The fourth-order valence-electron chi connectivity index (χ4n) is 2.34. The van der Waals surface area contributed by atoms with Gasteiger partial charge in [0.2, 0.25) is 5.89 Å². The van der Waals surface area contributed by atoms with Crippen LogP contribution < -0.4 is 5.32 Å². The van der Waals surface area contributed by atoms with E-state index < -0.39 is 0 Å². The van der Waals surface area contributed by atoms with E-state index in [1.54, 1.807) is 6.92 Å². The molecule has 2 fully saturated rings. The quantitative estimate of drug-likeness (QED) is 0.698. The molecule has 74 valence electrons. The number of carbonyl (C=O) groups is 1. The van der Waals surface area contributed by atoms with Crippen molar-refractivity contribution in [3.05, 3.63) is 11.7 Å². The molecule has 1 aromatic rings. The molecule has 1 aromatic heterocycles. The van der Waals surface area contributed by atoms with Gasteiger partial charge in [0.25, 0.3) is 0 Å². The van der Waals surface area contributed by atoms with Gasteiger partial charge in [-0.3, -0.25) is 4.79 Å². The Labute approximate surface area is 80.9 Å². The molecule has 14 heavy (non-hydrogen) atoms. The largest absolute Gasteiger partial charge is 0.338 e. The van der Waals surface area contributed by atoms with Crippen LogP contribution in [0, 0.1) is 12.3 Å². The topological polar surface area (TPSA) is 68.0 Å². The summed E-state index contributed by atoms with van der Waals surface area (Å²) in [4.78, 5) is 15.2. The predicted octanol–water partition coefficient (Wildman–Crippen LogP) is 0.372. The molecule has 1 N–H and O–H groups in total. The Balaban J connectivity index is 1.84. The second-order valence-corrected chi connectivity index (χ2v) is 4.25. The van der Waals surface area contributed by atoms with Gasteiger partial charge in [0, 0.05) is 24.8 Å². The molecule has 1 aliphatic heterocycles. The third-order valence-electron chi connectivity index (χ3n) is 3.16. The van der Waals surface area contributed by atoms with E-state index in [0.29, 0.717) is 30.3 Å². The van der Waals surface area contributed by atoms with Crippen molar-refractivity contribution in [3.8, 4) is 0 Å². The number of hydrogen-bond acceptors (Lipinski definition) is 5. The van der Waals surface area contributed by atoms with Gasteiger partial charge in [-0.15, -0.1) is 0 Å². The Morgan fingerprint density at radius 3 is 2.79 bits per heavy atom. The van der Waals surface area contributed by atoms with Crippen LogP contribution in [0.1, 0.15) is 30.6 Å². The lowest BCUT2D eigenvalue weighted by Gasteiger charge is -2.53. The minimum atomic E-state index is 0.0933. The van der Waals surface area contributed by atoms with E-state index >= 15 is 0 Å². The highest BCUT2D eigenvalue weighted by Crippen LogP contribution is 2.52. The lowest BCUT2D eigenvalue weighted by molar-refractivity contribution is -0.141. The predicted molar refractivity (Wildman–Crippen MR) is 46.5 cm³/mol. The lowest BCUT2D eigenvalue weighted by atomic mass is 9.58. The highest BCUT2D eigenvalue weighted by Gasteiger charge is 2.57. The molecule has 3 rings (SSSR count). The highest BCUT2D eigenvalue weighted by atomic mass is 16.5. The Kier molecular flexibility index (Phi) is 1.40. The Morgan fingerprint density at radius 1 is 1.57 bits per heavy atom. The molecule has 1 saturated heterocycles. The van der Waals surface area contributed by atoms with E-state index in [2.05, 4.69) is 15.5 Å². The van der Waals surface area contributed by atoms with Crippen molar-refractivity contribution in [2.75, 3.05) is 6.54 Å². The average molecular weight is 193 g/mol. The van der Waals surface area contributed by atoms with Crippen molar-refractivity contribution in [2.24, 2.45) is 5.41 Å². The van der Waals surface area contributed by atoms with Crippen LogP contribution in [0.5, 0.6) is 0 Å². The monoisotopic (exact) mass is 193 g/mol. The zero-order valence-corrected chi connectivity index (χ0v) is 7.91. The SMILES string of the molecule is Cc1noc(C2NCC23CC(=O)C3)n1. The van der Waals surface area contributed by atoms with Crippen molar-refractivity contribution >= 4 is 5.78 Å². The normalized spacial score (nSPS) is 28.6. The molecule has 1 spiro atoms. The van der Waals surface area contributed by atoms with Gasteiger partial charge in [0.05, 0.1) is 6.04 Å². The maximum Gasteiger partial charge on any atom is 0.244 e. The summed E-state index contributed by atoms with van der Waals surface area (Å²) >= 11 is 0. The van der Waals surface area contributed by atoms with Crippen molar-refractivity contribution in [3.63, 3.8) is 0 Å². The molecule has 1 aliphatic carbocycles. The fourth-order valence-corrected chi connectivity index (χ4v) is 2.34. The first-order valence-electron chi connectivity index (χ1n) is 4.75. The molecule has 2 aliphatic rings. The summed E-state index contributed by atoms with van der Waals surface area (Å²) in [6, 6.07) is 0.0985. The molecule has 2 heterocycles. The maximum absolute atomic E-state index is 11.0. The molecule has 0 bridgehead atoms. The van der Waals surface area contributed by atoms with Gasteiger partial charge in [0.1, 0.15) is 5.78 Å². The van der Waals surface area contributed by atoms with Gasteiger partial charge in [-0.1, -0.05) is 5.16 Å². The smallest absolute Gasteiger partial charge is 0.244 e. The Bertz CT molecular complexity index is 391. The minimum absolute atomic E-state index is 0.0933. The molecule has 5 nitrogen and oxygen atoms in total. The summed E-state index contributed by atoms with van der Waals surface area (Å²) in [5.74, 6) is 1.61. The Hall–Kier alpha value is -1.23. The van der Waals surface area contributed by atoms with Crippen LogP contribution in [-0.4, -0.2) is 22.5 Å². The van der Waals surface area contributed by atoms with Gasteiger partial charge < -0.3 is 9.84 Å². The van der Waals surface area contributed by atoms with Crippen LogP contribution >= 0.6 is 0 Å². The van der Waals surface area contributed by atoms with Crippen LogP contribution in [0.25, 0.3) is 0 Å². The molecule has 0 aromatic carbocycles. The number of nitrogens with zero attached hydrogens (tertiary/aromatic N) is 2. The number of rotatable bonds is 1. The summed E-state index contributed by atoms with van der Waals surface area (Å²) in [6.07, 6.45) is 1.32. The third-order valence-corrected chi connectivity index (χ3v) is 3.16. The number of aryl methyl sites for hydroxylation is 1. The first-order valence-corrected chi connectivity index (χ1v) is 4.75. The van der Waals surface area contributed by atoms with Crippen LogP contribution in [0.2, 0.25) is 0 Å². The van der Waals surface area contributed by atoms with Gasteiger partial charge in [-0.2, -0.15) is 4.98 Å². The van der Waals surface area contributed by atoms with Crippen molar-refractivity contribution in [2.45, 2.75) is 25.8 Å². The molecule has 1 saturated carbocycles. The lowest BCUT2D eigenvalue weighted by Crippen LogP contribution is -2.62. The van der Waals surface area contributed by atoms with Gasteiger partial charge in [0.15, 0.2) is 5.82 Å². The summed E-state index contributed by atoms with van der Waals surface area (Å²) in [7, 11) is 0. The Morgan fingerprint density at radius 2 is 2.36 bits per heavy atom. The zero-order chi connectivity index (χ0) is 9.76. The molecule has 1 unspecified atom stereocenters. The number of ketones is 1. The minimum Gasteiger partial charge on any atom is -0.338 e. The molecule has 0 radical (unpaired) electrons. The van der Waals surface area contributed by atoms with E-state index in [-0.39, 0.29) is 11.5 Å². The standard InChI is InChI=1S/C9H11N3O2/c1-5-11-8(14-12-5)7-9(4-10-7)2-6(13)3-9/h7,10H,2-4H2,1H3. The first kappa shape index (κ1) is 8.11. The first-order chi connectivity index (χ1) is 6.70. The average Bonchev–Trinajstić information content (AvgIpc) is 2.43. The summed E-state index contributed by atoms with van der Waals surface area (Å²) in [6.45, 7) is 2.69. The summed E-state index contributed by atoms with van der Waals surface area (Å²) < 4.78 is 5.10. The molecular formula is C9H11N3O2. The molecule has 0 amide bonds. The van der Waals surface area contributed by atoms with E-state index in [0.717, 1.165) is 6.54 Å². The second kappa shape index (κ2) is 2.42. The molecular weight excluding hydrogens is 182 g/mol. The summed E-state index contributed by atoms with van der Waals surface area (Å²) in [5.41, 5.74) is 0.0933. The van der Waals surface area contributed by atoms with Gasteiger partial charge in [-0.25, -0.2) is 0 Å². The van der Waals surface area contributed by atoms with Crippen LogP contribution in [0.4, 0.5) is 0 Å². The number of nitrogens with one attached hydrogen (secondary N) is 1. The highest BCUT2D eigenvalue weighted by molar-refractivity contribution is 5.87. The van der Waals surface area contributed by atoms with E-state index in [1.807, 2.05) is 0 Å². The number of hydrogen-bond donors (Lipinski definition) is 1. The summed E-state index contributed by atoms with van der Waals surface area (Å²) in [5, 5.41) is 6.99. The maximum atomic E-state index is 11.0. The number of carbonyl (C=O) groups excluding carboxylic acids is 1.